The number of likely N-dealkylation sites (tertiary alicyclic amines) is 1. The summed E-state index contributed by atoms with van der Waals surface area (Å²) in [7, 11) is 1.66. The van der Waals surface area contributed by atoms with Crippen molar-refractivity contribution in [1.82, 2.24) is 14.8 Å². The Morgan fingerprint density at radius 2 is 1.81 bits per heavy atom. The first kappa shape index (κ1) is 27.0. The molecule has 0 bridgehead atoms. The second-order valence-corrected chi connectivity index (χ2v) is 10.9. The van der Waals surface area contributed by atoms with Gasteiger partial charge >= 0.3 is 6.09 Å². The normalized spacial score (nSPS) is 15.3. The summed E-state index contributed by atoms with van der Waals surface area (Å²) in [5, 5.41) is 3.94. The zero-order valence-corrected chi connectivity index (χ0v) is 23.2. The molecular formula is C30H42N4O3. The van der Waals surface area contributed by atoms with Gasteiger partial charge in [0.2, 0.25) is 5.88 Å². The van der Waals surface area contributed by atoms with Gasteiger partial charge in [0.05, 0.1) is 12.8 Å². The van der Waals surface area contributed by atoms with E-state index in [1.165, 1.54) is 12.8 Å². The molecule has 1 aliphatic heterocycles. The van der Waals surface area contributed by atoms with Gasteiger partial charge in [-0.2, -0.15) is 0 Å². The molecule has 0 saturated carbocycles. The zero-order valence-electron chi connectivity index (χ0n) is 23.2. The summed E-state index contributed by atoms with van der Waals surface area (Å²) >= 11 is 0. The van der Waals surface area contributed by atoms with Crippen LogP contribution in [-0.2, 0) is 12.0 Å². The van der Waals surface area contributed by atoms with Crippen LogP contribution in [-0.4, -0.2) is 60.2 Å². The van der Waals surface area contributed by atoms with Crippen molar-refractivity contribution in [3.8, 4) is 11.6 Å². The quantitative estimate of drug-likeness (QED) is 0.370. The number of amides is 1. The predicted octanol–water partition coefficient (Wildman–Crippen LogP) is 6.39. The average Bonchev–Trinajstić information content (AvgIpc) is 3.27. The zero-order chi connectivity index (χ0) is 26.6. The number of anilines is 1. The second-order valence-electron chi connectivity index (χ2n) is 10.9. The first-order chi connectivity index (χ1) is 17.7. The van der Waals surface area contributed by atoms with Gasteiger partial charge in [-0.1, -0.05) is 58.9 Å². The molecule has 3 aromatic rings. The Hall–Kier alpha value is -3.03. The van der Waals surface area contributed by atoms with Crippen molar-refractivity contribution in [3.63, 3.8) is 0 Å². The molecule has 2 heterocycles. The number of H-pyrrole nitrogens is 1. The van der Waals surface area contributed by atoms with E-state index in [0.29, 0.717) is 23.4 Å². The summed E-state index contributed by atoms with van der Waals surface area (Å²) in [6.07, 6.45) is 1.79. The molecule has 1 fully saturated rings. The minimum absolute atomic E-state index is 0.0890. The van der Waals surface area contributed by atoms with Crippen molar-refractivity contribution in [2.24, 2.45) is 0 Å². The molecule has 0 atom stereocenters. The first-order valence-electron chi connectivity index (χ1n) is 13.5. The largest absolute Gasteiger partial charge is 0.494 e. The van der Waals surface area contributed by atoms with E-state index in [1.807, 2.05) is 36.4 Å². The van der Waals surface area contributed by atoms with Gasteiger partial charge in [0.1, 0.15) is 5.75 Å². The van der Waals surface area contributed by atoms with Gasteiger partial charge in [0.15, 0.2) is 0 Å². The highest BCUT2D eigenvalue weighted by atomic mass is 16.6. The number of aromatic nitrogens is 1. The lowest BCUT2D eigenvalue weighted by Crippen LogP contribution is -2.44. The van der Waals surface area contributed by atoms with Gasteiger partial charge < -0.3 is 19.4 Å². The molecule has 2 aromatic carbocycles. The molecule has 200 valence electrons. The van der Waals surface area contributed by atoms with Gasteiger partial charge in [-0.05, 0) is 62.1 Å². The number of hydrogen-bond acceptors (Lipinski definition) is 5. The molecular weight excluding hydrogens is 464 g/mol. The van der Waals surface area contributed by atoms with Crippen LogP contribution in [0.4, 0.5) is 10.5 Å². The lowest BCUT2D eigenvalue weighted by Gasteiger charge is -2.38. The molecule has 7 heteroatoms. The number of rotatable bonds is 8. The van der Waals surface area contributed by atoms with Crippen LogP contribution < -0.4 is 14.8 Å². The number of para-hydroxylation sites is 1. The molecule has 37 heavy (non-hydrogen) atoms. The number of fused-ring (bicyclic) bond motifs is 1. The van der Waals surface area contributed by atoms with E-state index in [-0.39, 0.29) is 5.41 Å². The van der Waals surface area contributed by atoms with Crippen molar-refractivity contribution in [3.05, 3.63) is 53.6 Å². The number of carbonyl (C=O) groups is 1. The third kappa shape index (κ3) is 6.46. The molecule has 0 radical (unpaired) electrons. The number of ether oxygens (including phenoxy) is 2. The monoisotopic (exact) mass is 506 g/mol. The van der Waals surface area contributed by atoms with E-state index >= 15 is 0 Å². The Labute approximate surface area is 221 Å². The van der Waals surface area contributed by atoms with Crippen molar-refractivity contribution in [2.45, 2.75) is 65.5 Å². The van der Waals surface area contributed by atoms with E-state index in [1.54, 1.807) is 7.11 Å². The van der Waals surface area contributed by atoms with Gasteiger partial charge in [0.25, 0.3) is 0 Å². The second kappa shape index (κ2) is 11.6. The molecule has 1 aromatic heterocycles. The lowest BCUT2D eigenvalue weighted by atomic mass is 9.85. The number of piperidine rings is 1. The third-order valence-electron chi connectivity index (χ3n) is 7.46. The number of nitrogens with zero attached hydrogens (tertiary/aromatic N) is 2. The minimum atomic E-state index is -0.554. The Balaban J connectivity index is 1.53. The van der Waals surface area contributed by atoms with Crippen LogP contribution >= 0.6 is 0 Å². The van der Waals surface area contributed by atoms with Crippen LogP contribution in [0.2, 0.25) is 0 Å². The molecule has 4 rings (SSSR count). The summed E-state index contributed by atoms with van der Waals surface area (Å²) in [4.78, 5) is 21.1. The summed E-state index contributed by atoms with van der Waals surface area (Å²) in [6, 6.07) is 14.5. The minimum Gasteiger partial charge on any atom is -0.494 e. The van der Waals surface area contributed by atoms with Crippen LogP contribution in [0.5, 0.6) is 11.6 Å². The van der Waals surface area contributed by atoms with Gasteiger partial charge in [-0.15, -0.1) is 0 Å². The molecule has 0 spiro atoms. The number of hydrogen-bond donors (Lipinski definition) is 2. The van der Waals surface area contributed by atoms with E-state index in [4.69, 9.17) is 9.47 Å². The molecule has 7 nitrogen and oxygen atoms in total. The van der Waals surface area contributed by atoms with Crippen molar-refractivity contribution in [1.29, 1.82) is 0 Å². The highest BCUT2D eigenvalue weighted by Crippen LogP contribution is 2.37. The standard InChI is InChI=1S/C30H42N4O3/c1-7-34(8-2)24-13-15-33(16-14-24)20-22-17-23(30(3,4)5)19-26(28(22)36-6)32-29(35)37-27-18-21-11-9-10-12-25(21)31-27/h9-12,17-19,24,31H,7-8,13-16,20H2,1-6H3,(H,32,35). The Bertz CT molecular complexity index is 1170. The maximum atomic E-state index is 12.9. The lowest BCUT2D eigenvalue weighted by molar-refractivity contribution is 0.112. The fraction of sp³-hybridized carbons (Fsp3) is 0.500. The molecule has 1 aliphatic rings. The van der Waals surface area contributed by atoms with Crippen LogP contribution in [0, 0.1) is 0 Å². The molecule has 1 amide bonds. The maximum absolute atomic E-state index is 12.9. The van der Waals surface area contributed by atoms with E-state index < -0.39 is 6.09 Å². The van der Waals surface area contributed by atoms with E-state index in [9.17, 15) is 4.79 Å². The number of carbonyl (C=O) groups excluding carboxylic acids is 1. The van der Waals surface area contributed by atoms with Crippen LogP contribution in [0.1, 0.15) is 58.6 Å². The van der Waals surface area contributed by atoms with Gasteiger partial charge in [0, 0.05) is 35.1 Å². The number of benzene rings is 2. The van der Waals surface area contributed by atoms with Crippen molar-refractivity contribution < 1.29 is 14.3 Å². The molecule has 2 N–H and O–H groups in total. The van der Waals surface area contributed by atoms with Crippen molar-refractivity contribution >= 4 is 22.7 Å². The highest BCUT2D eigenvalue weighted by Gasteiger charge is 2.26. The average molecular weight is 507 g/mol. The number of nitrogens with one attached hydrogen (secondary N) is 2. The maximum Gasteiger partial charge on any atom is 0.418 e. The number of methoxy groups -OCH3 is 1. The van der Waals surface area contributed by atoms with E-state index in [0.717, 1.165) is 54.8 Å². The highest BCUT2D eigenvalue weighted by molar-refractivity contribution is 5.90. The fourth-order valence-electron chi connectivity index (χ4n) is 5.33. The molecule has 0 unspecified atom stereocenters. The van der Waals surface area contributed by atoms with E-state index in [2.05, 4.69) is 60.8 Å². The topological polar surface area (TPSA) is 69.8 Å². The fourth-order valence-corrected chi connectivity index (χ4v) is 5.33. The van der Waals surface area contributed by atoms with Crippen LogP contribution in [0.15, 0.2) is 42.5 Å². The smallest absolute Gasteiger partial charge is 0.418 e. The number of aromatic amines is 1. The summed E-state index contributed by atoms with van der Waals surface area (Å²) in [6.45, 7) is 16.1. The Kier molecular flexibility index (Phi) is 8.45. The first-order valence-corrected chi connectivity index (χ1v) is 13.5. The van der Waals surface area contributed by atoms with Gasteiger partial charge in [-0.25, -0.2) is 4.79 Å². The van der Waals surface area contributed by atoms with Crippen molar-refractivity contribution in [2.75, 3.05) is 38.6 Å². The molecule has 0 aliphatic carbocycles. The Morgan fingerprint density at radius 3 is 2.43 bits per heavy atom. The third-order valence-corrected chi connectivity index (χ3v) is 7.46. The summed E-state index contributed by atoms with van der Waals surface area (Å²) in [5.74, 6) is 1.09. The predicted molar refractivity (Wildman–Crippen MR) is 151 cm³/mol. The van der Waals surface area contributed by atoms with Crippen LogP contribution in [0.25, 0.3) is 10.9 Å². The Morgan fingerprint density at radius 1 is 1.11 bits per heavy atom. The summed E-state index contributed by atoms with van der Waals surface area (Å²) < 4.78 is 11.5. The SMILES string of the molecule is CCN(CC)C1CCN(Cc2cc(C(C)(C)C)cc(NC(=O)Oc3cc4ccccc4[nH]3)c2OC)CC1. The molecule has 1 saturated heterocycles. The summed E-state index contributed by atoms with van der Waals surface area (Å²) in [5.41, 5.74) is 3.68. The van der Waals surface area contributed by atoms with Gasteiger partial charge in [-0.3, -0.25) is 10.2 Å². The van der Waals surface area contributed by atoms with Crippen LogP contribution in [0.3, 0.4) is 0 Å².